The average Bonchev–Trinajstić information content (AvgIpc) is 3.40. The van der Waals surface area contributed by atoms with Crippen LogP contribution in [0.2, 0.25) is 0 Å². The van der Waals surface area contributed by atoms with Crippen molar-refractivity contribution in [3.05, 3.63) is 24.2 Å². The Morgan fingerprint density at radius 3 is 2.59 bits per heavy atom. The van der Waals surface area contributed by atoms with Crippen LogP contribution >= 0.6 is 0 Å². The molecule has 1 saturated carbocycles. The van der Waals surface area contributed by atoms with E-state index in [-0.39, 0.29) is 5.91 Å². The first-order chi connectivity index (χ1) is 13.2. The summed E-state index contributed by atoms with van der Waals surface area (Å²) in [6.45, 7) is 7.70. The lowest BCUT2D eigenvalue weighted by atomic mass is 10.2. The fourth-order valence-electron chi connectivity index (χ4n) is 3.94. The van der Waals surface area contributed by atoms with E-state index in [4.69, 9.17) is 9.41 Å². The minimum atomic E-state index is -0.0280. The maximum absolute atomic E-state index is 12.4. The third-order valence-electron chi connectivity index (χ3n) is 5.60. The van der Waals surface area contributed by atoms with Gasteiger partial charge in [0, 0.05) is 45.3 Å². The number of carbonyl (C=O) groups excluding carboxylic acids is 1. The maximum atomic E-state index is 12.4. The lowest BCUT2D eigenvalue weighted by molar-refractivity contribution is 0.0657. The van der Waals surface area contributed by atoms with Gasteiger partial charge in [0.2, 0.25) is 0 Å². The summed E-state index contributed by atoms with van der Waals surface area (Å²) >= 11 is 0. The second-order valence-electron chi connectivity index (χ2n) is 7.41. The van der Waals surface area contributed by atoms with E-state index in [0.29, 0.717) is 18.8 Å². The molecule has 1 N–H and O–H groups in total. The molecule has 2 heterocycles. The van der Waals surface area contributed by atoms with Gasteiger partial charge in [-0.3, -0.25) is 9.79 Å². The van der Waals surface area contributed by atoms with Crippen LogP contribution in [0.15, 0.2) is 27.8 Å². The fourth-order valence-corrected chi connectivity index (χ4v) is 3.94. The minimum Gasteiger partial charge on any atom is -0.459 e. The van der Waals surface area contributed by atoms with E-state index in [2.05, 4.69) is 29.1 Å². The van der Waals surface area contributed by atoms with Crippen molar-refractivity contribution in [3.63, 3.8) is 0 Å². The van der Waals surface area contributed by atoms with Gasteiger partial charge in [0.05, 0.1) is 12.8 Å². The molecule has 1 aliphatic heterocycles. The van der Waals surface area contributed by atoms with Crippen LogP contribution in [0, 0.1) is 0 Å². The Labute approximate surface area is 162 Å². The van der Waals surface area contributed by atoms with Gasteiger partial charge < -0.3 is 24.4 Å². The minimum absolute atomic E-state index is 0.0280. The summed E-state index contributed by atoms with van der Waals surface area (Å²) in [5, 5.41) is 3.40. The van der Waals surface area contributed by atoms with E-state index in [1.807, 2.05) is 4.90 Å². The summed E-state index contributed by atoms with van der Waals surface area (Å²) < 4.78 is 5.23. The van der Waals surface area contributed by atoms with Gasteiger partial charge in [-0.05, 0) is 38.9 Å². The van der Waals surface area contributed by atoms with E-state index in [9.17, 15) is 4.79 Å². The Morgan fingerprint density at radius 1 is 1.26 bits per heavy atom. The number of hydrogen-bond acceptors (Lipinski definition) is 4. The first kappa shape index (κ1) is 19.7. The average molecular weight is 376 g/mol. The molecule has 3 rings (SSSR count). The van der Waals surface area contributed by atoms with Crippen LogP contribution in [0.5, 0.6) is 0 Å². The molecular weight excluding hydrogens is 342 g/mol. The van der Waals surface area contributed by atoms with Crippen LogP contribution in [-0.4, -0.2) is 85.5 Å². The van der Waals surface area contributed by atoms with Gasteiger partial charge in [-0.15, -0.1) is 0 Å². The van der Waals surface area contributed by atoms with E-state index in [0.717, 1.165) is 44.7 Å². The number of carbonyl (C=O) groups is 1. The third-order valence-corrected chi connectivity index (χ3v) is 5.60. The molecule has 1 aliphatic carbocycles. The fraction of sp³-hybridized carbons (Fsp3) is 0.700. The van der Waals surface area contributed by atoms with Crippen LogP contribution in [0.1, 0.15) is 43.2 Å². The summed E-state index contributed by atoms with van der Waals surface area (Å²) in [7, 11) is 2.22. The van der Waals surface area contributed by atoms with Crippen molar-refractivity contribution >= 4 is 11.9 Å². The molecule has 1 aromatic rings. The number of rotatable bonds is 6. The van der Waals surface area contributed by atoms with Crippen LogP contribution < -0.4 is 5.32 Å². The van der Waals surface area contributed by atoms with Gasteiger partial charge in [0.25, 0.3) is 5.91 Å². The van der Waals surface area contributed by atoms with Crippen LogP contribution in [-0.2, 0) is 0 Å². The molecule has 1 saturated heterocycles. The van der Waals surface area contributed by atoms with Gasteiger partial charge in [-0.25, -0.2) is 0 Å². The number of amides is 1. The Bertz CT molecular complexity index is 602. The molecule has 0 aromatic carbocycles. The molecule has 0 atom stereocenters. The number of nitrogens with one attached hydrogen (secondary N) is 1. The second-order valence-corrected chi connectivity index (χ2v) is 7.41. The Balaban J connectivity index is 1.49. The second kappa shape index (κ2) is 9.78. The highest BCUT2D eigenvalue weighted by Crippen LogP contribution is 2.21. The van der Waals surface area contributed by atoms with Crippen molar-refractivity contribution < 1.29 is 9.21 Å². The van der Waals surface area contributed by atoms with Crippen molar-refractivity contribution in [1.29, 1.82) is 0 Å². The number of likely N-dealkylation sites (N-methyl/N-ethyl adjacent to an activating group) is 1. The van der Waals surface area contributed by atoms with Crippen molar-refractivity contribution in [2.75, 3.05) is 52.9 Å². The SMILES string of the molecule is CCNC(=NCCN(C)C1CCCC1)N1CCN(C(=O)c2ccco2)CC1. The summed E-state index contributed by atoms with van der Waals surface area (Å²) in [4.78, 5) is 23.8. The molecule has 0 unspecified atom stereocenters. The van der Waals surface area contributed by atoms with Crippen molar-refractivity contribution in [2.24, 2.45) is 4.99 Å². The predicted molar refractivity (Wildman–Crippen MR) is 107 cm³/mol. The van der Waals surface area contributed by atoms with E-state index >= 15 is 0 Å². The van der Waals surface area contributed by atoms with E-state index in [1.54, 1.807) is 18.4 Å². The van der Waals surface area contributed by atoms with Crippen molar-refractivity contribution in [2.45, 2.75) is 38.6 Å². The standard InChI is InChI=1S/C20H33N5O2/c1-3-21-20(22-10-11-23(2)17-7-4-5-8-17)25-14-12-24(13-15-25)19(26)18-9-6-16-27-18/h6,9,16-17H,3-5,7-8,10-15H2,1-2H3,(H,21,22). The monoisotopic (exact) mass is 375 g/mol. The molecule has 150 valence electrons. The lowest BCUT2D eigenvalue weighted by Crippen LogP contribution is -2.53. The highest BCUT2D eigenvalue weighted by Gasteiger charge is 2.25. The number of guanidine groups is 1. The number of aliphatic imine (C=N–C) groups is 1. The largest absolute Gasteiger partial charge is 0.459 e. The predicted octanol–water partition coefficient (Wildman–Crippen LogP) is 1.88. The third kappa shape index (κ3) is 5.25. The quantitative estimate of drug-likeness (QED) is 0.608. The van der Waals surface area contributed by atoms with Crippen LogP contribution in [0.3, 0.4) is 0 Å². The molecule has 0 bridgehead atoms. The normalized spacial score (nSPS) is 19.1. The summed E-state index contributed by atoms with van der Waals surface area (Å²) in [6.07, 6.45) is 6.92. The summed E-state index contributed by atoms with van der Waals surface area (Å²) in [6, 6.07) is 4.21. The number of furan rings is 1. The van der Waals surface area contributed by atoms with Gasteiger partial charge in [0.15, 0.2) is 11.7 Å². The topological polar surface area (TPSA) is 64.3 Å². The number of nitrogens with zero attached hydrogens (tertiary/aromatic N) is 4. The zero-order valence-corrected chi connectivity index (χ0v) is 16.7. The Morgan fingerprint density at radius 2 is 1.96 bits per heavy atom. The Hall–Kier alpha value is -2.02. The first-order valence-corrected chi connectivity index (χ1v) is 10.3. The van der Waals surface area contributed by atoms with E-state index in [1.165, 1.54) is 25.7 Å². The van der Waals surface area contributed by atoms with Gasteiger partial charge in [0.1, 0.15) is 0 Å². The van der Waals surface area contributed by atoms with Gasteiger partial charge in [-0.2, -0.15) is 0 Å². The first-order valence-electron chi connectivity index (χ1n) is 10.3. The lowest BCUT2D eigenvalue weighted by Gasteiger charge is -2.36. The molecule has 7 heteroatoms. The maximum Gasteiger partial charge on any atom is 0.289 e. The zero-order valence-electron chi connectivity index (χ0n) is 16.7. The van der Waals surface area contributed by atoms with Crippen LogP contribution in [0.4, 0.5) is 0 Å². The molecule has 27 heavy (non-hydrogen) atoms. The van der Waals surface area contributed by atoms with Crippen molar-refractivity contribution in [1.82, 2.24) is 20.0 Å². The molecule has 1 aromatic heterocycles. The number of hydrogen-bond donors (Lipinski definition) is 1. The summed E-state index contributed by atoms with van der Waals surface area (Å²) in [5.74, 6) is 1.35. The molecule has 0 radical (unpaired) electrons. The smallest absolute Gasteiger partial charge is 0.289 e. The molecular formula is C20H33N5O2. The number of piperazine rings is 1. The molecule has 7 nitrogen and oxygen atoms in total. The van der Waals surface area contributed by atoms with Crippen molar-refractivity contribution in [3.8, 4) is 0 Å². The molecule has 0 spiro atoms. The molecule has 1 amide bonds. The van der Waals surface area contributed by atoms with E-state index < -0.39 is 0 Å². The highest BCUT2D eigenvalue weighted by atomic mass is 16.3. The van der Waals surface area contributed by atoms with Gasteiger partial charge in [-0.1, -0.05) is 12.8 Å². The molecule has 2 fully saturated rings. The van der Waals surface area contributed by atoms with Gasteiger partial charge >= 0.3 is 0 Å². The summed E-state index contributed by atoms with van der Waals surface area (Å²) in [5.41, 5.74) is 0. The molecule has 2 aliphatic rings. The van der Waals surface area contributed by atoms with Crippen LogP contribution in [0.25, 0.3) is 0 Å². The highest BCUT2D eigenvalue weighted by molar-refractivity contribution is 5.91. The zero-order chi connectivity index (χ0) is 19.1. The Kier molecular flexibility index (Phi) is 7.15.